The minimum absolute atomic E-state index is 0.0129. The van der Waals surface area contributed by atoms with Gasteiger partial charge in [-0.1, -0.05) is 22.4 Å². The van der Waals surface area contributed by atoms with Crippen LogP contribution in [0.2, 0.25) is 0 Å². The van der Waals surface area contributed by atoms with Gasteiger partial charge in [0.2, 0.25) is 0 Å². The number of nitrogens with one attached hydrogen (secondary N) is 1. The third-order valence-electron chi connectivity index (χ3n) is 4.02. The van der Waals surface area contributed by atoms with E-state index >= 15 is 0 Å². The molecular weight excluding hydrogens is 396 g/mol. The van der Waals surface area contributed by atoms with E-state index in [0.29, 0.717) is 11.6 Å². The van der Waals surface area contributed by atoms with Gasteiger partial charge in [0.05, 0.1) is 5.56 Å². The maximum atomic E-state index is 12.1. The summed E-state index contributed by atoms with van der Waals surface area (Å²) in [4.78, 5) is 14.7. The Balaban J connectivity index is 1.74. The zero-order valence-corrected chi connectivity index (χ0v) is 15.5. The minimum atomic E-state index is -0.0129. The highest BCUT2D eigenvalue weighted by Crippen LogP contribution is 2.21. The molecule has 116 valence electrons. The van der Waals surface area contributed by atoms with Crippen LogP contribution in [0.1, 0.15) is 43.0 Å². The van der Waals surface area contributed by atoms with Gasteiger partial charge >= 0.3 is 0 Å². The monoisotopic (exact) mass is 416 g/mol. The van der Waals surface area contributed by atoms with Crippen LogP contribution in [0.3, 0.4) is 0 Å². The van der Waals surface area contributed by atoms with Gasteiger partial charge in [0.25, 0.3) is 5.91 Å². The number of carbonyl (C=O) groups is 1. The quantitative estimate of drug-likeness (QED) is 0.728. The number of carbonyl (C=O) groups excluding carboxylic acids is 1. The topological polar surface area (TPSA) is 32.3 Å². The Morgan fingerprint density at radius 2 is 2.19 bits per heavy atom. The molecule has 1 aromatic carbocycles. The molecule has 1 saturated heterocycles. The molecule has 0 aliphatic carbocycles. The largest absolute Gasteiger partial charge is 0.352 e. The molecule has 1 fully saturated rings. The molecule has 1 aromatic rings. The fourth-order valence-electron chi connectivity index (χ4n) is 2.74. The summed E-state index contributed by atoms with van der Waals surface area (Å²) >= 11 is 6.82. The Morgan fingerprint density at radius 1 is 1.38 bits per heavy atom. The Kier molecular flexibility index (Phi) is 6.71. The van der Waals surface area contributed by atoms with Crippen molar-refractivity contribution in [2.24, 2.45) is 0 Å². The first-order chi connectivity index (χ1) is 10.1. The number of benzene rings is 1. The number of piperidine rings is 1. The van der Waals surface area contributed by atoms with Crippen LogP contribution in [0.15, 0.2) is 27.1 Å². The highest BCUT2D eigenvalue weighted by Gasteiger charge is 2.17. The number of rotatable bonds is 5. The first-order valence-corrected chi connectivity index (χ1v) is 9.14. The second kappa shape index (κ2) is 8.30. The van der Waals surface area contributed by atoms with Gasteiger partial charge < -0.3 is 10.2 Å². The molecule has 0 radical (unpaired) electrons. The van der Waals surface area contributed by atoms with E-state index < -0.39 is 0 Å². The van der Waals surface area contributed by atoms with E-state index in [0.717, 1.165) is 28.5 Å². The summed E-state index contributed by atoms with van der Waals surface area (Å²) in [7, 11) is 0. The fourth-order valence-corrected chi connectivity index (χ4v) is 3.97. The second-order valence-corrected chi connectivity index (χ2v) is 7.38. The molecule has 2 rings (SSSR count). The Hall–Kier alpha value is -0.390. The van der Waals surface area contributed by atoms with Crippen molar-refractivity contribution in [2.75, 3.05) is 19.6 Å². The third-order valence-corrected chi connectivity index (χ3v) is 5.17. The van der Waals surface area contributed by atoms with E-state index in [4.69, 9.17) is 0 Å². The molecule has 0 aromatic heterocycles. The molecule has 0 bridgehead atoms. The highest BCUT2D eigenvalue weighted by atomic mass is 79.9. The number of hydrogen-bond acceptors (Lipinski definition) is 2. The van der Waals surface area contributed by atoms with Gasteiger partial charge in [0, 0.05) is 28.1 Å². The normalized spacial score (nSPS) is 19.5. The summed E-state index contributed by atoms with van der Waals surface area (Å²) in [5.41, 5.74) is 0.685. The summed E-state index contributed by atoms with van der Waals surface area (Å²) in [6, 6.07) is 6.30. The van der Waals surface area contributed by atoms with Crippen LogP contribution in [-0.2, 0) is 0 Å². The van der Waals surface area contributed by atoms with E-state index in [1.807, 2.05) is 18.2 Å². The van der Waals surface area contributed by atoms with Crippen LogP contribution in [0.4, 0.5) is 0 Å². The number of halogens is 2. The lowest BCUT2D eigenvalue weighted by Crippen LogP contribution is -2.39. The molecule has 1 aliphatic rings. The summed E-state index contributed by atoms with van der Waals surface area (Å²) < 4.78 is 1.78. The maximum Gasteiger partial charge on any atom is 0.252 e. The lowest BCUT2D eigenvalue weighted by atomic mass is 10.0. The predicted octanol–water partition coefficient (Wildman–Crippen LogP) is 4.21. The van der Waals surface area contributed by atoms with Crippen LogP contribution in [0.25, 0.3) is 0 Å². The zero-order chi connectivity index (χ0) is 15.2. The second-order valence-electron chi connectivity index (χ2n) is 5.61. The summed E-state index contributed by atoms with van der Waals surface area (Å²) in [5, 5.41) is 3.00. The van der Waals surface area contributed by atoms with Crippen LogP contribution in [0, 0.1) is 0 Å². The Bertz CT molecular complexity index is 493. The van der Waals surface area contributed by atoms with Gasteiger partial charge in [-0.3, -0.25) is 4.79 Å². The van der Waals surface area contributed by atoms with Crippen molar-refractivity contribution < 1.29 is 4.79 Å². The molecule has 1 amide bonds. The van der Waals surface area contributed by atoms with Crippen LogP contribution >= 0.6 is 31.9 Å². The van der Waals surface area contributed by atoms with Crippen molar-refractivity contribution in [2.45, 2.75) is 38.6 Å². The van der Waals surface area contributed by atoms with Crippen molar-refractivity contribution >= 4 is 37.8 Å². The number of amides is 1. The fraction of sp³-hybridized carbons (Fsp3) is 0.562. The van der Waals surface area contributed by atoms with E-state index in [9.17, 15) is 4.79 Å². The predicted molar refractivity (Wildman–Crippen MR) is 93.7 cm³/mol. The van der Waals surface area contributed by atoms with Crippen molar-refractivity contribution in [3.8, 4) is 0 Å². The summed E-state index contributed by atoms with van der Waals surface area (Å²) in [5.74, 6) is -0.0129. The molecule has 0 spiro atoms. The smallest absolute Gasteiger partial charge is 0.252 e. The van der Waals surface area contributed by atoms with Gasteiger partial charge in [-0.05, 0) is 66.9 Å². The molecule has 1 N–H and O–H groups in total. The van der Waals surface area contributed by atoms with Crippen LogP contribution in [0.5, 0.6) is 0 Å². The Labute approximate surface area is 143 Å². The Morgan fingerprint density at radius 3 is 2.90 bits per heavy atom. The average molecular weight is 418 g/mol. The minimum Gasteiger partial charge on any atom is -0.352 e. The van der Waals surface area contributed by atoms with E-state index in [1.54, 1.807) is 0 Å². The van der Waals surface area contributed by atoms with Crippen molar-refractivity contribution in [3.05, 3.63) is 32.7 Å². The number of hydrogen-bond donors (Lipinski definition) is 1. The highest BCUT2D eigenvalue weighted by molar-refractivity contribution is 9.11. The molecule has 1 aliphatic heterocycles. The molecule has 5 heteroatoms. The molecular formula is C16H22Br2N2O. The number of nitrogens with zero attached hydrogens (tertiary/aromatic N) is 1. The van der Waals surface area contributed by atoms with Crippen molar-refractivity contribution in [3.63, 3.8) is 0 Å². The molecule has 1 atom stereocenters. The first-order valence-electron chi connectivity index (χ1n) is 7.55. The van der Waals surface area contributed by atoms with Gasteiger partial charge in [-0.2, -0.15) is 0 Å². The lowest BCUT2D eigenvalue weighted by Gasteiger charge is -2.33. The standard InChI is InChI=1S/C16H22Br2N2O/c1-12-5-2-3-9-20(12)10-4-8-19-16(21)14-7-6-13(17)11-15(14)18/h6-7,11-12H,2-5,8-10H2,1H3,(H,19,21). The average Bonchev–Trinajstić information content (AvgIpc) is 2.45. The summed E-state index contributed by atoms with van der Waals surface area (Å²) in [6.07, 6.45) is 4.97. The van der Waals surface area contributed by atoms with Crippen LogP contribution < -0.4 is 5.32 Å². The van der Waals surface area contributed by atoms with E-state index in [2.05, 4.69) is 49.0 Å². The molecule has 3 nitrogen and oxygen atoms in total. The van der Waals surface area contributed by atoms with E-state index in [-0.39, 0.29) is 5.91 Å². The SMILES string of the molecule is CC1CCCCN1CCCNC(=O)c1ccc(Br)cc1Br. The third kappa shape index (κ3) is 5.08. The van der Waals surface area contributed by atoms with Crippen molar-refractivity contribution in [1.29, 1.82) is 0 Å². The lowest BCUT2D eigenvalue weighted by molar-refractivity contribution is 0.0948. The van der Waals surface area contributed by atoms with E-state index in [1.165, 1.54) is 25.8 Å². The van der Waals surface area contributed by atoms with Crippen molar-refractivity contribution in [1.82, 2.24) is 10.2 Å². The number of likely N-dealkylation sites (tertiary alicyclic amines) is 1. The van der Waals surface area contributed by atoms with Crippen LogP contribution in [-0.4, -0.2) is 36.5 Å². The van der Waals surface area contributed by atoms with Gasteiger partial charge in [-0.25, -0.2) is 0 Å². The first kappa shape index (κ1) is 17.0. The summed E-state index contributed by atoms with van der Waals surface area (Å²) in [6.45, 7) is 5.30. The van der Waals surface area contributed by atoms with Gasteiger partial charge in [0.15, 0.2) is 0 Å². The maximum absolute atomic E-state index is 12.1. The zero-order valence-electron chi connectivity index (χ0n) is 12.4. The molecule has 1 heterocycles. The van der Waals surface area contributed by atoms with Gasteiger partial charge in [-0.15, -0.1) is 0 Å². The molecule has 21 heavy (non-hydrogen) atoms. The molecule has 0 saturated carbocycles. The van der Waals surface area contributed by atoms with Gasteiger partial charge in [0.1, 0.15) is 0 Å². The molecule has 1 unspecified atom stereocenters.